The molecule has 42 heavy (non-hydrogen) atoms. The molecule has 0 bridgehead atoms. The molecule has 0 spiro atoms. The number of unbranched alkanes of at least 4 members (excludes halogenated alkanes) is 1. The Morgan fingerprint density at radius 2 is 1.60 bits per heavy atom. The molecule has 10 heteroatoms. The summed E-state index contributed by atoms with van der Waals surface area (Å²) in [4.78, 5) is 29.1. The highest BCUT2D eigenvalue weighted by atomic mass is 35.5. The average Bonchev–Trinajstić information content (AvgIpc) is 2.95. The van der Waals surface area contributed by atoms with Gasteiger partial charge in [-0.15, -0.1) is 0 Å². The largest absolute Gasteiger partial charge is 0.354 e. The Kier molecular flexibility index (Phi) is 12.7. The van der Waals surface area contributed by atoms with E-state index in [1.165, 1.54) is 4.31 Å². The molecule has 0 aliphatic heterocycles. The summed E-state index contributed by atoms with van der Waals surface area (Å²) in [6.07, 6.45) is 3.55. The molecule has 2 amide bonds. The van der Waals surface area contributed by atoms with Crippen LogP contribution in [0.2, 0.25) is 10.0 Å². The van der Waals surface area contributed by atoms with Gasteiger partial charge in [0.25, 0.3) is 0 Å². The van der Waals surface area contributed by atoms with Crippen LogP contribution in [-0.2, 0) is 32.6 Å². The van der Waals surface area contributed by atoms with Gasteiger partial charge in [-0.3, -0.25) is 13.9 Å². The third-order valence-corrected chi connectivity index (χ3v) is 8.89. The number of halogens is 2. The number of anilines is 1. The topological polar surface area (TPSA) is 86.8 Å². The molecule has 226 valence electrons. The molecule has 0 aliphatic carbocycles. The fourth-order valence-corrected chi connectivity index (χ4v) is 6.06. The van der Waals surface area contributed by atoms with Crippen molar-refractivity contribution < 1.29 is 18.0 Å². The van der Waals surface area contributed by atoms with Crippen molar-refractivity contribution in [1.29, 1.82) is 0 Å². The summed E-state index contributed by atoms with van der Waals surface area (Å²) in [5.74, 6) is -0.496. The summed E-state index contributed by atoms with van der Waals surface area (Å²) in [5, 5.41) is 3.75. The van der Waals surface area contributed by atoms with E-state index < -0.39 is 16.1 Å². The van der Waals surface area contributed by atoms with Crippen LogP contribution in [0.3, 0.4) is 0 Å². The minimum Gasteiger partial charge on any atom is -0.354 e. The number of rotatable bonds is 15. The Bertz CT molecular complexity index is 1450. The van der Waals surface area contributed by atoms with E-state index in [9.17, 15) is 18.0 Å². The van der Waals surface area contributed by atoms with Crippen molar-refractivity contribution in [2.75, 3.05) is 23.7 Å². The molecule has 0 radical (unpaired) electrons. The molecule has 3 rings (SSSR count). The predicted molar refractivity (Wildman–Crippen MR) is 171 cm³/mol. The Labute approximate surface area is 259 Å². The molecular weight excluding hydrogens is 593 g/mol. The van der Waals surface area contributed by atoms with Crippen LogP contribution in [-0.4, -0.2) is 50.5 Å². The fourth-order valence-electron chi connectivity index (χ4n) is 4.72. The van der Waals surface area contributed by atoms with E-state index in [-0.39, 0.29) is 37.7 Å². The lowest BCUT2D eigenvalue weighted by Crippen LogP contribution is -2.50. The van der Waals surface area contributed by atoms with Crippen LogP contribution >= 0.6 is 23.2 Å². The lowest BCUT2D eigenvalue weighted by Gasteiger charge is -2.32. The van der Waals surface area contributed by atoms with Crippen molar-refractivity contribution in [2.45, 2.75) is 58.5 Å². The van der Waals surface area contributed by atoms with Gasteiger partial charge in [0, 0.05) is 32.5 Å². The number of hydrogen-bond acceptors (Lipinski definition) is 4. The molecule has 1 unspecified atom stereocenters. The van der Waals surface area contributed by atoms with Crippen LogP contribution in [0.4, 0.5) is 5.69 Å². The third-order valence-electron chi connectivity index (χ3n) is 6.97. The number of para-hydroxylation sites is 1. The second kappa shape index (κ2) is 16.0. The van der Waals surface area contributed by atoms with E-state index in [4.69, 9.17) is 23.2 Å². The van der Waals surface area contributed by atoms with E-state index >= 15 is 0 Å². The molecule has 7 nitrogen and oxygen atoms in total. The number of carbonyl (C=O) groups is 2. The molecule has 0 fully saturated rings. The zero-order valence-electron chi connectivity index (χ0n) is 24.4. The van der Waals surface area contributed by atoms with Crippen molar-refractivity contribution in [1.82, 2.24) is 10.2 Å². The first-order valence-electron chi connectivity index (χ1n) is 14.1. The highest BCUT2D eigenvalue weighted by molar-refractivity contribution is 7.92. The number of benzene rings is 3. The smallest absolute Gasteiger partial charge is 0.243 e. The molecule has 3 aromatic carbocycles. The summed E-state index contributed by atoms with van der Waals surface area (Å²) in [6, 6.07) is 21.2. The average molecular weight is 633 g/mol. The van der Waals surface area contributed by atoms with Gasteiger partial charge in [-0.1, -0.05) is 91.1 Å². The van der Waals surface area contributed by atoms with Gasteiger partial charge < -0.3 is 10.2 Å². The number of sulfonamides is 1. The molecule has 0 aliphatic rings. The predicted octanol–water partition coefficient (Wildman–Crippen LogP) is 6.40. The normalized spacial score (nSPS) is 12.0. The highest BCUT2D eigenvalue weighted by Crippen LogP contribution is 2.26. The van der Waals surface area contributed by atoms with Crippen LogP contribution in [0.25, 0.3) is 0 Å². The highest BCUT2D eigenvalue weighted by Gasteiger charge is 2.30. The maximum atomic E-state index is 13.9. The summed E-state index contributed by atoms with van der Waals surface area (Å²) >= 11 is 12.4. The Morgan fingerprint density at radius 1 is 0.905 bits per heavy atom. The zero-order chi connectivity index (χ0) is 30.7. The van der Waals surface area contributed by atoms with Gasteiger partial charge in [-0.05, 0) is 54.7 Å². The summed E-state index contributed by atoms with van der Waals surface area (Å²) < 4.78 is 26.7. The standard InChI is InChI=1S/C32H39Cl2N3O4S/c1-4-5-19-35-32(39)30(22-25-13-7-6-8-14-25)36(23-26-17-18-27(33)28(34)21-26)31(38)16-11-20-37(42(3,40)41)29-15-10-9-12-24(29)2/h6-10,12-15,17-18,21,30H,4-5,11,16,19-20,22-23H2,1-3H3,(H,35,39). The zero-order valence-corrected chi connectivity index (χ0v) is 26.7. The number of nitrogens with one attached hydrogen (secondary N) is 1. The van der Waals surface area contributed by atoms with Crippen molar-refractivity contribution in [3.8, 4) is 0 Å². The summed E-state index contributed by atoms with van der Waals surface area (Å²) in [6.45, 7) is 4.67. The van der Waals surface area contributed by atoms with Crippen LogP contribution in [0.1, 0.15) is 49.3 Å². The maximum absolute atomic E-state index is 13.9. The molecule has 0 aromatic heterocycles. The van der Waals surface area contributed by atoms with Crippen molar-refractivity contribution >= 4 is 50.7 Å². The molecule has 0 heterocycles. The second-order valence-electron chi connectivity index (χ2n) is 10.3. The fraction of sp³-hybridized carbons (Fsp3) is 0.375. The lowest BCUT2D eigenvalue weighted by atomic mass is 10.0. The molecule has 0 saturated carbocycles. The SMILES string of the molecule is CCCCNC(=O)C(Cc1ccccc1)N(Cc1ccc(Cl)c(Cl)c1)C(=O)CCCN(c1ccccc1C)S(C)(=O)=O. The molecular formula is C32H39Cl2N3O4S. The number of aryl methyl sites for hydroxylation is 1. The van der Waals surface area contributed by atoms with E-state index in [1.54, 1.807) is 35.2 Å². The Hall–Kier alpha value is -3.07. The number of amides is 2. The monoisotopic (exact) mass is 631 g/mol. The third kappa shape index (κ3) is 9.75. The number of hydrogen-bond donors (Lipinski definition) is 1. The van der Waals surface area contributed by atoms with Gasteiger partial charge in [0.1, 0.15) is 6.04 Å². The van der Waals surface area contributed by atoms with Crippen LogP contribution < -0.4 is 9.62 Å². The molecule has 1 atom stereocenters. The van der Waals surface area contributed by atoms with Gasteiger partial charge in [0.2, 0.25) is 21.8 Å². The van der Waals surface area contributed by atoms with E-state index in [2.05, 4.69) is 5.32 Å². The first-order valence-corrected chi connectivity index (χ1v) is 16.7. The van der Waals surface area contributed by atoms with Crippen LogP contribution in [0.15, 0.2) is 72.8 Å². The van der Waals surface area contributed by atoms with Crippen molar-refractivity contribution in [3.63, 3.8) is 0 Å². The number of nitrogens with zero attached hydrogens (tertiary/aromatic N) is 2. The van der Waals surface area contributed by atoms with Gasteiger partial charge >= 0.3 is 0 Å². The maximum Gasteiger partial charge on any atom is 0.243 e. The molecule has 1 N–H and O–H groups in total. The van der Waals surface area contributed by atoms with E-state index in [1.807, 2.05) is 56.3 Å². The van der Waals surface area contributed by atoms with E-state index in [0.29, 0.717) is 28.7 Å². The van der Waals surface area contributed by atoms with Gasteiger partial charge in [0.05, 0.1) is 22.0 Å². The summed E-state index contributed by atoms with van der Waals surface area (Å²) in [7, 11) is -3.58. The minimum absolute atomic E-state index is 0.0484. The van der Waals surface area contributed by atoms with E-state index in [0.717, 1.165) is 35.8 Å². The summed E-state index contributed by atoms with van der Waals surface area (Å²) in [5.41, 5.74) is 3.05. The Balaban J connectivity index is 1.90. The minimum atomic E-state index is -3.58. The van der Waals surface area contributed by atoms with Crippen molar-refractivity contribution in [2.24, 2.45) is 0 Å². The van der Waals surface area contributed by atoms with Crippen molar-refractivity contribution in [3.05, 3.63) is 99.5 Å². The first-order chi connectivity index (χ1) is 20.0. The Morgan fingerprint density at radius 3 is 2.24 bits per heavy atom. The molecule has 3 aromatic rings. The lowest BCUT2D eigenvalue weighted by molar-refractivity contribution is -0.141. The molecule has 0 saturated heterocycles. The van der Waals surface area contributed by atoms with Gasteiger partial charge in [-0.2, -0.15) is 0 Å². The van der Waals surface area contributed by atoms with Gasteiger partial charge in [0.15, 0.2) is 0 Å². The second-order valence-corrected chi connectivity index (χ2v) is 13.1. The van der Waals surface area contributed by atoms with Gasteiger partial charge in [-0.25, -0.2) is 8.42 Å². The quantitative estimate of drug-likeness (QED) is 0.197. The number of carbonyl (C=O) groups excluding carboxylic acids is 2. The first kappa shape index (κ1) is 33.4. The van der Waals surface area contributed by atoms with Crippen LogP contribution in [0, 0.1) is 6.92 Å². The van der Waals surface area contributed by atoms with Crippen LogP contribution in [0.5, 0.6) is 0 Å².